The highest BCUT2D eigenvalue weighted by molar-refractivity contribution is 5.69. The largest absolute Gasteiger partial charge is 0.492 e. The Morgan fingerprint density at radius 1 is 1.38 bits per heavy atom. The lowest BCUT2D eigenvalue weighted by Gasteiger charge is -2.08. The standard InChI is InChI=1S/C13H16O3/c1-3-6-11-7-4-5-8-12(11)16-10-9-13(14)15-2/h3-8H,9-10H2,1-2H3/b6-3+. The van der Waals surface area contributed by atoms with E-state index in [0.717, 1.165) is 11.3 Å². The number of rotatable bonds is 5. The van der Waals surface area contributed by atoms with Crippen LogP contribution in [0.25, 0.3) is 6.08 Å². The zero-order chi connectivity index (χ0) is 11.8. The molecule has 0 saturated heterocycles. The topological polar surface area (TPSA) is 35.5 Å². The van der Waals surface area contributed by atoms with Crippen LogP contribution in [0.5, 0.6) is 5.75 Å². The third kappa shape index (κ3) is 3.77. The molecule has 0 atom stereocenters. The maximum Gasteiger partial charge on any atom is 0.308 e. The molecule has 1 rings (SSSR count). The number of hydrogen-bond donors (Lipinski definition) is 0. The molecule has 0 heterocycles. The third-order valence-electron chi connectivity index (χ3n) is 2.06. The first-order chi connectivity index (χ1) is 7.77. The normalized spacial score (nSPS) is 10.4. The van der Waals surface area contributed by atoms with Crippen molar-refractivity contribution in [1.29, 1.82) is 0 Å². The van der Waals surface area contributed by atoms with Gasteiger partial charge in [-0.2, -0.15) is 0 Å². The minimum Gasteiger partial charge on any atom is -0.492 e. The number of carbonyl (C=O) groups is 1. The summed E-state index contributed by atoms with van der Waals surface area (Å²) in [7, 11) is 1.37. The van der Waals surface area contributed by atoms with Gasteiger partial charge in [0.25, 0.3) is 0 Å². The number of carbonyl (C=O) groups excluding carboxylic acids is 1. The number of benzene rings is 1. The van der Waals surface area contributed by atoms with E-state index in [-0.39, 0.29) is 12.4 Å². The Labute approximate surface area is 95.7 Å². The average Bonchev–Trinajstić information content (AvgIpc) is 2.31. The van der Waals surface area contributed by atoms with Crippen LogP contribution in [0.3, 0.4) is 0 Å². The maximum atomic E-state index is 10.9. The predicted octanol–water partition coefficient (Wildman–Crippen LogP) is 2.66. The first-order valence-corrected chi connectivity index (χ1v) is 5.19. The molecule has 0 unspecified atom stereocenters. The Balaban J connectivity index is 2.56. The van der Waals surface area contributed by atoms with Crippen LogP contribution in [0.1, 0.15) is 18.9 Å². The van der Waals surface area contributed by atoms with Crippen LogP contribution >= 0.6 is 0 Å². The number of esters is 1. The summed E-state index contributed by atoms with van der Waals surface area (Å²) in [5.41, 5.74) is 1.01. The lowest BCUT2D eigenvalue weighted by molar-refractivity contribution is -0.141. The zero-order valence-corrected chi connectivity index (χ0v) is 9.60. The van der Waals surface area contributed by atoms with Gasteiger partial charge in [0.1, 0.15) is 5.75 Å². The summed E-state index contributed by atoms with van der Waals surface area (Å²) in [5, 5.41) is 0. The van der Waals surface area contributed by atoms with E-state index >= 15 is 0 Å². The first kappa shape index (κ1) is 12.3. The molecule has 0 aliphatic rings. The molecule has 0 aliphatic heterocycles. The Kier molecular flexibility index (Phi) is 5.12. The van der Waals surface area contributed by atoms with E-state index in [1.165, 1.54) is 7.11 Å². The minimum atomic E-state index is -0.261. The molecule has 0 aliphatic carbocycles. The number of methoxy groups -OCH3 is 1. The van der Waals surface area contributed by atoms with Crippen molar-refractivity contribution >= 4 is 12.0 Å². The van der Waals surface area contributed by atoms with Crippen LogP contribution in [0, 0.1) is 0 Å². The van der Waals surface area contributed by atoms with Gasteiger partial charge in [-0.25, -0.2) is 0 Å². The molecule has 3 nitrogen and oxygen atoms in total. The van der Waals surface area contributed by atoms with Crippen LogP contribution in [0.15, 0.2) is 30.3 Å². The molecule has 1 aromatic carbocycles. The number of ether oxygens (including phenoxy) is 2. The molecule has 0 radical (unpaired) electrons. The smallest absolute Gasteiger partial charge is 0.308 e. The summed E-state index contributed by atoms with van der Waals surface area (Å²) in [6, 6.07) is 7.70. The van der Waals surface area contributed by atoms with Crippen molar-refractivity contribution in [2.75, 3.05) is 13.7 Å². The molecule has 0 N–H and O–H groups in total. The van der Waals surface area contributed by atoms with Gasteiger partial charge in [0.05, 0.1) is 20.1 Å². The Morgan fingerprint density at radius 2 is 2.12 bits per heavy atom. The van der Waals surface area contributed by atoms with Crippen LogP contribution < -0.4 is 4.74 Å². The van der Waals surface area contributed by atoms with Crippen molar-refractivity contribution in [1.82, 2.24) is 0 Å². The molecule has 0 saturated carbocycles. The summed E-state index contributed by atoms with van der Waals surface area (Å²) in [5.74, 6) is 0.521. The Hall–Kier alpha value is -1.77. The van der Waals surface area contributed by atoms with Crippen molar-refractivity contribution in [3.8, 4) is 5.75 Å². The second-order valence-electron chi connectivity index (χ2n) is 3.21. The molecule has 0 amide bonds. The van der Waals surface area contributed by atoms with Crippen LogP contribution in [-0.4, -0.2) is 19.7 Å². The molecule has 3 heteroatoms. The van der Waals surface area contributed by atoms with Gasteiger partial charge in [0.2, 0.25) is 0 Å². The van der Waals surface area contributed by atoms with E-state index in [2.05, 4.69) is 4.74 Å². The molecule has 16 heavy (non-hydrogen) atoms. The van der Waals surface area contributed by atoms with Gasteiger partial charge in [-0.05, 0) is 13.0 Å². The number of para-hydroxylation sites is 1. The minimum absolute atomic E-state index is 0.261. The first-order valence-electron chi connectivity index (χ1n) is 5.19. The molecule has 1 aromatic rings. The van der Waals surface area contributed by atoms with E-state index in [1.54, 1.807) is 0 Å². The Morgan fingerprint density at radius 3 is 2.81 bits per heavy atom. The molecular weight excluding hydrogens is 204 g/mol. The van der Waals surface area contributed by atoms with E-state index < -0.39 is 0 Å². The van der Waals surface area contributed by atoms with Gasteiger partial charge in [0.15, 0.2) is 0 Å². The van der Waals surface area contributed by atoms with Crippen molar-refractivity contribution in [3.63, 3.8) is 0 Å². The van der Waals surface area contributed by atoms with Crippen molar-refractivity contribution < 1.29 is 14.3 Å². The molecule has 86 valence electrons. The van der Waals surface area contributed by atoms with Crippen LogP contribution in [0.2, 0.25) is 0 Å². The van der Waals surface area contributed by atoms with E-state index in [0.29, 0.717) is 6.61 Å². The van der Waals surface area contributed by atoms with E-state index in [9.17, 15) is 4.79 Å². The maximum absolute atomic E-state index is 10.9. The van der Waals surface area contributed by atoms with Crippen LogP contribution in [-0.2, 0) is 9.53 Å². The lowest BCUT2D eigenvalue weighted by atomic mass is 10.2. The van der Waals surface area contributed by atoms with Crippen molar-refractivity contribution in [3.05, 3.63) is 35.9 Å². The zero-order valence-electron chi connectivity index (χ0n) is 9.60. The van der Waals surface area contributed by atoms with Crippen molar-refractivity contribution in [2.45, 2.75) is 13.3 Å². The Bertz CT molecular complexity index is 369. The number of hydrogen-bond acceptors (Lipinski definition) is 3. The van der Waals surface area contributed by atoms with E-state index in [4.69, 9.17) is 4.74 Å². The SMILES string of the molecule is C/C=C/c1ccccc1OCCC(=O)OC. The second-order valence-corrected chi connectivity index (χ2v) is 3.21. The predicted molar refractivity (Wildman–Crippen MR) is 63.3 cm³/mol. The van der Waals surface area contributed by atoms with Gasteiger partial charge in [0, 0.05) is 5.56 Å². The summed E-state index contributed by atoms with van der Waals surface area (Å²) in [6.07, 6.45) is 4.18. The van der Waals surface area contributed by atoms with E-state index in [1.807, 2.05) is 43.3 Å². The van der Waals surface area contributed by atoms with Crippen LogP contribution in [0.4, 0.5) is 0 Å². The number of allylic oxidation sites excluding steroid dienone is 1. The summed E-state index contributed by atoms with van der Waals surface area (Å²) in [4.78, 5) is 10.9. The van der Waals surface area contributed by atoms with Gasteiger partial charge in [-0.1, -0.05) is 30.4 Å². The fourth-order valence-electron chi connectivity index (χ4n) is 1.28. The lowest BCUT2D eigenvalue weighted by Crippen LogP contribution is -2.07. The van der Waals surface area contributed by atoms with Gasteiger partial charge < -0.3 is 9.47 Å². The molecule has 0 aromatic heterocycles. The van der Waals surface area contributed by atoms with Gasteiger partial charge >= 0.3 is 5.97 Å². The van der Waals surface area contributed by atoms with Gasteiger partial charge in [-0.15, -0.1) is 0 Å². The fraction of sp³-hybridized carbons (Fsp3) is 0.308. The molecule has 0 fully saturated rings. The second kappa shape index (κ2) is 6.67. The fourth-order valence-corrected chi connectivity index (χ4v) is 1.28. The highest BCUT2D eigenvalue weighted by atomic mass is 16.5. The average molecular weight is 220 g/mol. The summed E-state index contributed by atoms with van der Waals surface area (Å²) in [6.45, 7) is 2.28. The highest BCUT2D eigenvalue weighted by Gasteiger charge is 2.02. The molecular formula is C13H16O3. The van der Waals surface area contributed by atoms with Crippen molar-refractivity contribution in [2.24, 2.45) is 0 Å². The monoisotopic (exact) mass is 220 g/mol. The third-order valence-corrected chi connectivity index (χ3v) is 2.06. The summed E-state index contributed by atoms with van der Waals surface area (Å²) >= 11 is 0. The highest BCUT2D eigenvalue weighted by Crippen LogP contribution is 2.19. The molecule has 0 spiro atoms. The summed E-state index contributed by atoms with van der Waals surface area (Å²) < 4.78 is 10.0. The quantitative estimate of drug-likeness (QED) is 0.716. The molecule has 0 bridgehead atoms. The van der Waals surface area contributed by atoms with Gasteiger partial charge in [-0.3, -0.25) is 4.79 Å².